The van der Waals surface area contributed by atoms with Crippen molar-refractivity contribution in [2.45, 2.75) is 129 Å². The second-order valence-electron chi connectivity index (χ2n) is 13.4. The topological polar surface area (TPSA) is 139 Å². The molecule has 0 heterocycles. The number of hydrogen-bond acceptors (Lipinski definition) is 6. The van der Waals surface area contributed by atoms with Crippen molar-refractivity contribution in [1.29, 1.82) is 0 Å². The molecule has 3 fully saturated rings. The van der Waals surface area contributed by atoms with Gasteiger partial charge in [-0.05, 0) is 87.5 Å². The lowest BCUT2D eigenvalue weighted by molar-refractivity contribution is -0.160. The Labute approximate surface area is 243 Å². The third kappa shape index (κ3) is 6.54. The fraction of sp³-hybridized carbons (Fsp3) is 0.781. The van der Waals surface area contributed by atoms with Crippen molar-refractivity contribution < 1.29 is 33.8 Å². The number of carboxylic acid groups (broad SMARTS) is 1. The van der Waals surface area contributed by atoms with E-state index in [1.807, 2.05) is 13.0 Å². The van der Waals surface area contributed by atoms with Crippen LogP contribution in [0.3, 0.4) is 0 Å². The van der Waals surface area contributed by atoms with Crippen LogP contribution in [0.15, 0.2) is 11.6 Å². The van der Waals surface area contributed by atoms with E-state index in [9.17, 15) is 29.1 Å². The Hall–Kier alpha value is -2.71. The number of carbonyl (C=O) groups is 5. The van der Waals surface area contributed by atoms with Crippen molar-refractivity contribution in [1.82, 2.24) is 10.6 Å². The van der Waals surface area contributed by atoms with Gasteiger partial charge in [0.25, 0.3) is 0 Å². The van der Waals surface area contributed by atoms with Gasteiger partial charge in [0.2, 0.25) is 11.8 Å². The molecule has 0 aromatic rings. The molecule has 9 heteroatoms. The fourth-order valence-electron chi connectivity index (χ4n) is 8.48. The van der Waals surface area contributed by atoms with Crippen molar-refractivity contribution in [3.63, 3.8) is 0 Å². The Morgan fingerprint density at radius 2 is 1.78 bits per heavy atom. The summed E-state index contributed by atoms with van der Waals surface area (Å²) in [6.07, 6.45) is 11.0. The number of allylic oxidation sites excluding steroid dienone is 1. The number of hydrogen-bond donors (Lipinski definition) is 3. The van der Waals surface area contributed by atoms with Crippen molar-refractivity contribution in [3.05, 3.63) is 11.6 Å². The standard InChI is InChI=1S/C32H48N2O7/c1-5-6-7-25(30(39)40)34-29(38)19(2)33-27(36)12-13-28(37)41-26-11-10-23-22-9-8-20-18-21(35)14-16-31(20,3)24(22)15-17-32(23,26)4/h18-19,22-26H,5-17H2,1-4H3,(H,33,36)(H,34,38)(H,39,40)/t19?,22?,23?,24?,25?,26?,31-,32-/m0/s1. The molecule has 0 aromatic carbocycles. The number of ketones is 1. The fourth-order valence-corrected chi connectivity index (χ4v) is 8.48. The zero-order chi connectivity index (χ0) is 29.9. The van der Waals surface area contributed by atoms with E-state index in [1.165, 1.54) is 12.5 Å². The molecule has 4 aliphatic carbocycles. The minimum atomic E-state index is -1.10. The maximum absolute atomic E-state index is 12.8. The third-order valence-corrected chi connectivity index (χ3v) is 10.9. The Balaban J connectivity index is 1.26. The maximum Gasteiger partial charge on any atom is 0.326 e. The van der Waals surface area contributed by atoms with Gasteiger partial charge in [0, 0.05) is 18.3 Å². The van der Waals surface area contributed by atoms with E-state index >= 15 is 0 Å². The van der Waals surface area contributed by atoms with Crippen LogP contribution in [0.5, 0.6) is 0 Å². The molecule has 0 aromatic heterocycles. The largest absolute Gasteiger partial charge is 0.480 e. The van der Waals surface area contributed by atoms with Gasteiger partial charge in [-0.2, -0.15) is 0 Å². The van der Waals surface area contributed by atoms with Gasteiger partial charge < -0.3 is 20.5 Å². The number of aliphatic carboxylic acids is 1. The number of nitrogens with one attached hydrogen (secondary N) is 2. The second kappa shape index (κ2) is 12.7. The number of esters is 1. The number of unbranched alkanes of at least 4 members (excludes halogenated alkanes) is 1. The van der Waals surface area contributed by atoms with E-state index in [0.717, 1.165) is 51.4 Å². The van der Waals surface area contributed by atoms with Gasteiger partial charge in [-0.1, -0.05) is 39.2 Å². The summed E-state index contributed by atoms with van der Waals surface area (Å²) in [6, 6.07) is -1.91. The zero-order valence-corrected chi connectivity index (χ0v) is 25.1. The molecule has 0 spiro atoms. The summed E-state index contributed by atoms with van der Waals surface area (Å²) in [4.78, 5) is 61.2. The maximum atomic E-state index is 12.8. The van der Waals surface area contributed by atoms with Crippen LogP contribution in [-0.4, -0.2) is 52.8 Å². The summed E-state index contributed by atoms with van der Waals surface area (Å²) in [5.41, 5.74) is 1.38. The van der Waals surface area contributed by atoms with Crippen LogP contribution in [0.25, 0.3) is 0 Å². The van der Waals surface area contributed by atoms with Gasteiger partial charge in [0.05, 0.1) is 6.42 Å². The number of amides is 2. The molecule has 2 amide bonds. The van der Waals surface area contributed by atoms with Crippen LogP contribution < -0.4 is 10.6 Å². The number of fused-ring (bicyclic) bond motifs is 5. The Morgan fingerprint density at radius 1 is 1.02 bits per heavy atom. The quantitative estimate of drug-likeness (QED) is 0.310. The normalized spacial score (nSPS) is 33.8. The highest BCUT2D eigenvalue weighted by Gasteiger charge is 2.60. The summed E-state index contributed by atoms with van der Waals surface area (Å²) in [5, 5.41) is 14.4. The van der Waals surface area contributed by atoms with E-state index < -0.39 is 35.8 Å². The molecule has 228 valence electrons. The minimum absolute atomic E-state index is 0.0715. The first kappa shape index (κ1) is 31.2. The average molecular weight is 573 g/mol. The van der Waals surface area contributed by atoms with Crippen LogP contribution in [0, 0.1) is 28.6 Å². The SMILES string of the molecule is CCCCC(NC(=O)C(C)NC(=O)CCC(=O)OC1CCC2C3CCC4=CC(=O)CC[C@]4(C)C3CC[C@]12C)C(=O)O. The first-order valence-corrected chi connectivity index (χ1v) is 15.6. The first-order chi connectivity index (χ1) is 19.4. The molecular formula is C32H48N2O7. The summed E-state index contributed by atoms with van der Waals surface area (Å²) in [6.45, 7) is 8.07. The van der Waals surface area contributed by atoms with Gasteiger partial charge in [-0.15, -0.1) is 0 Å². The molecule has 4 rings (SSSR count). The molecule has 9 nitrogen and oxygen atoms in total. The van der Waals surface area contributed by atoms with Gasteiger partial charge in [0.15, 0.2) is 5.78 Å². The second-order valence-corrected chi connectivity index (χ2v) is 13.4. The minimum Gasteiger partial charge on any atom is -0.480 e. The average Bonchev–Trinajstić information content (AvgIpc) is 3.25. The van der Waals surface area contributed by atoms with Crippen molar-refractivity contribution in [2.24, 2.45) is 28.6 Å². The Bertz CT molecular complexity index is 1090. The van der Waals surface area contributed by atoms with E-state index in [1.54, 1.807) is 0 Å². The highest BCUT2D eigenvalue weighted by molar-refractivity contribution is 5.92. The van der Waals surface area contributed by atoms with E-state index in [2.05, 4.69) is 24.5 Å². The number of rotatable bonds is 11. The molecule has 0 aliphatic heterocycles. The van der Waals surface area contributed by atoms with Crippen LogP contribution >= 0.6 is 0 Å². The van der Waals surface area contributed by atoms with E-state index in [4.69, 9.17) is 4.74 Å². The summed E-state index contributed by atoms with van der Waals surface area (Å²) in [7, 11) is 0. The summed E-state index contributed by atoms with van der Waals surface area (Å²) in [5.74, 6) is -0.611. The molecule has 0 radical (unpaired) electrons. The number of carbonyl (C=O) groups excluding carboxylic acids is 4. The van der Waals surface area contributed by atoms with Crippen molar-refractivity contribution in [3.8, 4) is 0 Å². The van der Waals surface area contributed by atoms with E-state index in [0.29, 0.717) is 37.0 Å². The molecule has 0 saturated heterocycles. The molecule has 0 bridgehead atoms. The van der Waals surface area contributed by atoms with Gasteiger partial charge in [-0.3, -0.25) is 19.2 Å². The van der Waals surface area contributed by atoms with Crippen LogP contribution in [-0.2, 0) is 28.7 Å². The predicted molar refractivity (Wildman–Crippen MR) is 153 cm³/mol. The van der Waals surface area contributed by atoms with Crippen LogP contribution in [0.2, 0.25) is 0 Å². The molecule has 3 saturated carbocycles. The monoisotopic (exact) mass is 572 g/mol. The smallest absolute Gasteiger partial charge is 0.326 e. The van der Waals surface area contributed by atoms with Gasteiger partial charge in [-0.25, -0.2) is 4.79 Å². The molecule has 41 heavy (non-hydrogen) atoms. The molecule has 3 N–H and O–H groups in total. The highest BCUT2D eigenvalue weighted by Crippen LogP contribution is 2.65. The lowest BCUT2D eigenvalue weighted by Gasteiger charge is -2.57. The van der Waals surface area contributed by atoms with Crippen LogP contribution in [0.4, 0.5) is 0 Å². The van der Waals surface area contributed by atoms with E-state index in [-0.39, 0.29) is 35.6 Å². The molecule has 6 unspecified atom stereocenters. The van der Waals surface area contributed by atoms with Crippen LogP contribution in [0.1, 0.15) is 111 Å². The number of ether oxygens (including phenoxy) is 1. The Kier molecular flexibility index (Phi) is 9.64. The molecule has 8 atom stereocenters. The first-order valence-electron chi connectivity index (χ1n) is 15.6. The van der Waals surface area contributed by atoms with Crippen molar-refractivity contribution >= 4 is 29.5 Å². The molecule has 4 aliphatic rings. The summed E-state index contributed by atoms with van der Waals surface area (Å²) >= 11 is 0. The third-order valence-electron chi connectivity index (χ3n) is 10.9. The van der Waals surface area contributed by atoms with Crippen molar-refractivity contribution in [2.75, 3.05) is 0 Å². The lowest BCUT2D eigenvalue weighted by atomic mass is 9.47. The zero-order valence-electron chi connectivity index (χ0n) is 25.1. The lowest BCUT2D eigenvalue weighted by Crippen LogP contribution is -2.51. The molecular weight excluding hydrogens is 524 g/mol. The number of carboxylic acids is 1. The van der Waals surface area contributed by atoms with Gasteiger partial charge in [0.1, 0.15) is 18.2 Å². The van der Waals surface area contributed by atoms with Gasteiger partial charge >= 0.3 is 11.9 Å². The predicted octanol–water partition coefficient (Wildman–Crippen LogP) is 4.47. The summed E-state index contributed by atoms with van der Waals surface area (Å²) < 4.78 is 6.01. The highest BCUT2D eigenvalue weighted by atomic mass is 16.5. The Morgan fingerprint density at radius 3 is 2.49 bits per heavy atom.